The quantitative estimate of drug-likeness (QED) is 0.723. The van der Waals surface area contributed by atoms with Crippen LogP contribution in [0.25, 0.3) is 0 Å². The lowest BCUT2D eigenvalue weighted by atomic mass is 10.1. The monoisotopic (exact) mass is 396 g/mol. The highest BCUT2D eigenvalue weighted by Crippen LogP contribution is 2.22. The van der Waals surface area contributed by atoms with Gasteiger partial charge in [0.2, 0.25) is 0 Å². The third kappa shape index (κ3) is 4.34. The number of nitrogens with one attached hydrogen (secondary N) is 1. The van der Waals surface area contributed by atoms with Gasteiger partial charge in [0.25, 0.3) is 11.8 Å². The Labute approximate surface area is 161 Å². The second-order valence-corrected chi connectivity index (χ2v) is 7.61. The van der Waals surface area contributed by atoms with Crippen molar-refractivity contribution >= 4 is 35.0 Å². The Morgan fingerprint density at radius 2 is 1.73 bits per heavy atom. The van der Waals surface area contributed by atoms with Gasteiger partial charge in [-0.1, -0.05) is 29.3 Å². The number of benzene rings is 2. The molecule has 0 saturated heterocycles. The lowest BCUT2D eigenvalue weighted by Crippen LogP contribution is -2.56. The molecule has 0 fully saturated rings. The van der Waals surface area contributed by atoms with Crippen LogP contribution in [0.2, 0.25) is 10.0 Å². The van der Waals surface area contributed by atoms with E-state index in [2.05, 4.69) is 5.43 Å². The highest BCUT2D eigenvalue weighted by atomic mass is 35.5. The summed E-state index contributed by atoms with van der Waals surface area (Å²) < 4.78 is 13.4. The fourth-order valence-electron chi connectivity index (χ4n) is 2.30. The average Bonchev–Trinajstić information content (AvgIpc) is 2.55. The molecule has 0 heterocycles. The molecule has 2 rings (SSSR count). The second kappa shape index (κ2) is 7.64. The molecule has 0 radical (unpaired) electrons. The molecule has 0 aliphatic heterocycles. The van der Waals surface area contributed by atoms with E-state index in [9.17, 15) is 14.0 Å². The third-order valence-corrected chi connectivity index (χ3v) is 4.47. The maximum Gasteiger partial charge on any atom is 0.272 e. The van der Waals surface area contributed by atoms with Crippen molar-refractivity contribution in [2.24, 2.45) is 0 Å². The number of carbonyl (C=O) groups excluding carboxylic acids is 2. The number of amides is 2. The fraction of sp³-hybridized carbons (Fsp3) is 0.263. The molecular formula is C19H19Cl2FN2O2. The molecular weight excluding hydrogens is 378 g/mol. The first-order valence-electron chi connectivity index (χ1n) is 7.88. The average molecular weight is 397 g/mol. The number of hydrogen-bond donors (Lipinski definition) is 1. The molecule has 0 aromatic heterocycles. The van der Waals surface area contributed by atoms with Gasteiger partial charge < -0.3 is 0 Å². The molecule has 1 N–H and O–H groups in total. The summed E-state index contributed by atoms with van der Waals surface area (Å²) in [6.45, 7) is 7.02. The third-order valence-electron chi connectivity index (χ3n) is 3.77. The summed E-state index contributed by atoms with van der Waals surface area (Å²) in [5.74, 6) is -1.60. The molecule has 2 aromatic carbocycles. The maximum atomic E-state index is 13.4. The molecule has 0 bridgehead atoms. The Kier molecular flexibility index (Phi) is 5.94. The van der Waals surface area contributed by atoms with E-state index in [1.807, 2.05) is 0 Å². The summed E-state index contributed by atoms with van der Waals surface area (Å²) in [6, 6.07) is 8.62. The molecule has 2 aromatic rings. The fourth-order valence-corrected chi connectivity index (χ4v) is 2.65. The summed E-state index contributed by atoms with van der Waals surface area (Å²) in [6.07, 6.45) is 0. The second-order valence-electron chi connectivity index (χ2n) is 6.79. The van der Waals surface area contributed by atoms with E-state index in [4.69, 9.17) is 23.2 Å². The number of nitrogens with zero attached hydrogens (tertiary/aromatic N) is 1. The Morgan fingerprint density at radius 1 is 1.08 bits per heavy atom. The van der Waals surface area contributed by atoms with Gasteiger partial charge >= 0.3 is 0 Å². The maximum absolute atomic E-state index is 13.4. The summed E-state index contributed by atoms with van der Waals surface area (Å²) in [4.78, 5) is 25.6. The summed E-state index contributed by atoms with van der Waals surface area (Å²) in [5, 5.41) is 1.48. The number of hydrogen-bond acceptors (Lipinski definition) is 2. The van der Waals surface area contributed by atoms with Gasteiger partial charge in [-0.3, -0.25) is 15.0 Å². The van der Waals surface area contributed by atoms with Crippen molar-refractivity contribution < 1.29 is 14.0 Å². The van der Waals surface area contributed by atoms with Gasteiger partial charge in [0, 0.05) is 16.1 Å². The van der Waals surface area contributed by atoms with Crippen LogP contribution in [-0.2, 0) is 0 Å². The number of rotatable bonds is 2. The Hall–Kier alpha value is -2.11. The van der Waals surface area contributed by atoms with Crippen LogP contribution in [0, 0.1) is 12.7 Å². The van der Waals surface area contributed by atoms with Crippen LogP contribution in [0.1, 0.15) is 47.1 Å². The zero-order valence-electron chi connectivity index (χ0n) is 14.9. The largest absolute Gasteiger partial charge is 0.272 e. The minimum atomic E-state index is -0.736. The van der Waals surface area contributed by atoms with Gasteiger partial charge in [0.05, 0.1) is 10.6 Å². The van der Waals surface area contributed by atoms with Gasteiger partial charge in [-0.05, 0) is 63.6 Å². The van der Waals surface area contributed by atoms with E-state index >= 15 is 0 Å². The van der Waals surface area contributed by atoms with E-state index in [0.717, 1.165) is 6.07 Å². The van der Waals surface area contributed by atoms with Crippen LogP contribution < -0.4 is 5.43 Å². The van der Waals surface area contributed by atoms with Gasteiger partial charge in [0.1, 0.15) is 5.82 Å². The number of carbonyl (C=O) groups is 2. The predicted molar refractivity (Wildman–Crippen MR) is 101 cm³/mol. The van der Waals surface area contributed by atoms with Crippen LogP contribution >= 0.6 is 23.2 Å². The molecule has 7 heteroatoms. The molecule has 2 amide bonds. The summed E-state index contributed by atoms with van der Waals surface area (Å²) in [7, 11) is 0. The zero-order chi connectivity index (χ0) is 19.6. The van der Waals surface area contributed by atoms with Crippen molar-refractivity contribution in [2.45, 2.75) is 33.2 Å². The highest BCUT2D eigenvalue weighted by molar-refractivity contribution is 6.32. The molecule has 138 valence electrons. The molecule has 0 saturated carbocycles. The minimum Gasteiger partial charge on any atom is -0.267 e. The molecule has 0 aliphatic carbocycles. The zero-order valence-corrected chi connectivity index (χ0v) is 16.4. The SMILES string of the molecule is Cc1c(Cl)cccc1C(=O)NN(C(=O)c1ccc(F)c(Cl)c1)C(C)(C)C. The van der Waals surface area contributed by atoms with E-state index < -0.39 is 23.2 Å². The number of hydrazine groups is 1. The lowest BCUT2D eigenvalue weighted by molar-refractivity contribution is 0.0358. The Balaban J connectivity index is 2.36. The Bertz CT molecular complexity index is 863. The van der Waals surface area contributed by atoms with Crippen LogP contribution in [-0.4, -0.2) is 22.4 Å². The first kappa shape index (κ1) is 20.2. The lowest BCUT2D eigenvalue weighted by Gasteiger charge is -2.35. The standard InChI is InChI=1S/C19H19Cl2FN2O2/c1-11-13(6-5-7-14(11)20)17(25)23-24(19(2,3)4)18(26)12-8-9-16(22)15(21)10-12/h5-10H,1-4H3,(H,23,25). The van der Waals surface area contributed by atoms with Gasteiger partial charge in [-0.15, -0.1) is 0 Å². The van der Waals surface area contributed by atoms with E-state index in [0.29, 0.717) is 16.1 Å². The predicted octanol–water partition coefficient (Wildman–Crippen LogP) is 5.03. The van der Waals surface area contributed by atoms with E-state index in [1.54, 1.807) is 45.9 Å². The minimum absolute atomic E-state index is 0.162. The molecule has 26 heavy (non-hydrogen) atoms. The van der Waals surface area contributed by atoms with Gasteiger partial charge in [-0.2, -0.15) is 0 Å². The smallest absolute Gasteiger partial charge is 0.267 e. The van der Waals surface area contributed by atoms with Crippen LogP contribution in [0.5, 0.6) is 0 Å². The topological polar surface area (TPSA) is 49.4 Å². The van der Waals surface area contributed by atoms with Crippen LogP contribution in [0.15, 0.2) is 36.4 Å². The first-order chi connectivity index (χ1) is 12.0. The summed E-state index contributed by atoms with van der Waals surface area (Å²) >= 11 is 11.8. The van der Waals surface area contributed by atoms with Crippen molar-refractivity contribution in [2.75, 3.05) is 0 Å². The van der Waals surface area contributed by atoms with Gasteiger partial charge in [-0.25, -0.2) is 9.40 Å². The normalized spacial score (nSPS) is 11.2. The van der Waals surface area contributed by atoms with Crippen molar-refractivity contribution in [3.8, 4) is 0 Å². The number of halogens is 3. The van der Waals surface area contributed by atoms with E-state index in [-0.39, 0.29) is 10.6 Å². The molecule has 0 aliphatic rings. The molecule has 4 nitrogen and oxygen atoms in total. The van der Waals surface area contributed by atoms with Crippen molar-refractivity contribution in [1.82, 2.24) is 10.4 Å². The van der Waals surface area contributed by atoms with Crippen LogP contribution in [0.4, 0.5) is 4.39 Å². The summed E-state index contributed by atoms with van der Waals surface area (Å²) in [5.41, 5.74) is 3.02. The molecule has 0 spiro atoms. The van der Waals surface area contributed by atoms with Crippen molar-refractivity contribution in [1.29, 1.82) is 0 Å². The first-order valence-corrected chi connectivity index (χ1v) is 8.63. The van der Waals surface area contributed by atoms with Gasteiger partial charge in [0.15, 0.2) is 0 Å². The van der Waals surface area contributed by atoms with Crippen molar-refractivity contribution in [3.63, 3.8) is 0 Å². The highest BCUT2D eigenvalue weighted by Gasteiger charge is 2.30. The van der Waals surface area contributed by atoms with E-state index in [1.165, 1.54) is 17.1 Å². The molecule has 0 unspecified atom stereocenters. The van der Waals surface area contributed by atoms with Crippen molar-refractivity contribution in [3.05, 3.63) is 69.0 Å². The molecule has 0 atom stereocenters. The Morgan fingerprint density at radius 3 is 2.31 bits per heavy atom. The van der Waals surface area contributed by atoms with Crippen LogP contribution in [0.3, 0.4) is 0 Å².